The summed E-state index contributed by atoms with van der Waals surface area (Å²) in [6, 6.07) is 15.3. The molecule has 1 fully saturated rings. The molecule has 0 bridgehead atoms. The maximum Gasteiger partial charge on any atom is 0.319 e. The van der Waals surface area contributed by atoms with Gasteiger partial charge in [-0.25, -0.2) is 4.79 Å². The molecule has 2 aliphatic rings. The van der Waals surface area contributed by atoms with Gasteiger partial charge in [0.1, 0.15) is 0 Å². The third-order valence-corrected chi connectivity index (χ3v) is 5.70. The number of anilines is 2. The lowest BCUT2D eigenvalue weighted by Gasteiger charge is -2.18. The third-order valence-electron chi connectivity index (χ3n) is 5.70. The van der Waals surface area contributed by atoms with E-state index in [0.29, 0.717) is 25.3 Å². The van der Waals surface area contributed by atoms with Gasteiger partial charge in [0, 0.05) is 30.9 Å². The second-order valence-corrected chi connectivity index (χ2v) is 7.90. The van der Waals surface area contributed by atoms with Crippen molar-refractivity contribution in [2.45, 2.75) is 44.8 Å². The van der Waals surface area contributed by atoms with Crippen LogP contribution in [0.25, 0.3) is 0 Å². The number of urea groups is 1. The van der Waals surface area contributed by atoms with E-state index in [0.717, 1.165) is 29.7 Å². The zero-order valence-corrected chi connectivity index (χ0v) is 16.9. The van der Waals surface area contributed by atoms with Crippen molar-refractivity contribution < 1.29 is 14.3 Å². The highest BCUT2D eigenvalue weighted by Gasteiger charge is 2.52. The van der Waals surface area contributed by atoms with Crippen LogP contribution in [0.2, 0.25) is 0 Å². The largest absolute Gasteiger partial charge is 0.373 e. The number of hydrogen-bond donors (Lipinski definition) is 2. The van der Waals surface area contributed by atoms with E-state index in [1.54, 1.807) is 0 Å². The van der Waals surface area contributed by atoms with Gasteiger partial charge in [0.2, 0.25) is 5.91 Å². The number of hydrogen-bond acceptors (Lipinski definition) is 3. The Morgan fingerprint density at radius 2 is 2.00 bits per heavy atom. The molecule has 0 aromatic heterocycles. The maximum atomic E-state index is 12.8. The van der Waals surface area contributed by atoms with E-state index in [9.17, 15) is 9.59 Å². The van der Waals surface area contributed by atoms with Crippen LogP contribution in [0.4, 0.5) is 16.2 Å². The first-order valence-electron chi connectivity index (χ1n) is 10.2. The molecule has 0 saturated heterocycles. The summed E-state index contributed by atoms with van der Waals surface area (Å²) in [4.78, 5) is 27.0. The van der Waals surface area contributed by atoms with Gasteiger partial charge in [-0.1, -0.05) is 36.4 Å². The smallest absolute Gasteiger partial charge is 0.319 e. The standard InChI is InChI=1S/C23H27N3O3/c1-3-29-23(2)15-20(23)25-22(28)24-18-10-9-17-11-12-26(19(17)14-18)21(27)13-16-7-5-4-6-8-16/h4-10,14,20H,3,11-13,15H2,1-2H3,(H2,24,25,28)/t20-,23+/m1/s1. The van der Waals surface area contributed by atoms with Crippen molar-refractivity contribution in [2.75, 3.05) is 23.4 Å². The average Bonchev–Trinajstić information content (AvgIpc) is 3.12. The summed E-state index contributed by atoms with van der Waals surface area (Å²) in [5.74, 6) is 0.0713. The van der Waals surface area contributed by atoms with Crippen LogP contribution in [-0.4, -0.2) is 36.7 Å². The number of rotatable bonds is 6. The number of ether oxygens (including phenoxy) is 1. The predicted molar refractivity (Wildman–Crippen MR) is 113 cm³/mol. The van der Waals surface area contributed by atoms with Gasteiger partial charge in [-0.15, -0.1) is 0 Å². The van der Waals surface area contributed by atoms with Crippen molar-refractivity contribution in [3.8, 4) is 0 Å². The van der Waals surface area contributed by atoms with E-state index in [1.807, 2.05) is 67.3 Å². The number of amides is 3. The fourth-order valence-corrected chi connectivity index (χ4v) is 3.95. The van der Waals surface area contributed by atoms with Crippen LogP contribution < -0.4 is 15.5 Å². The molecule has 1 saturated carbocycles. The third kappa shape index (κ3) is 4.27. The molecule has 6 heteroatoms. The lowest BCUT2D eigenvalue weighted by atomic mass is 10.1. The topological polar surface area (TPSA) is 70.7 Å². The van der Waals surface area contributed by atoms with Crippen LogP contribution in [0.3, 0.4) is 0 Å². The Morgan fingerprint density at radius 3 is 2.76 bits per heavy atom. The maximum absolute atomic E-state index is 12.8. The molecule has 3 amide bonds. The molecular weight excluding hydrogens is 366 g/mol. The van der Waals surface area contributed by atoms with Crippen LogP contribution in [0.1, 0.15) is 31.4 Å². The number of carbonyl (C=O) groups is 2. The highest BCUT2D eigenvalue weighted by molar-refractivity contribution is 5.98. The highest BCUT2D eigenvalue weighted by Crippen LogP contribution is 2.39. The van der Waals surface area contributed by atoms with Gasteiger partial charge in [0.15, 0.2) is 0 Å². The Balaban J connectivity index is 1.40. The molecule has 1 heterocycles. The number of nitrogens with one attached hydrogen (secondary N) is 2. The molecule has 4 rings (SSSR count). The Kier molecular flexibility index (Phi) is 5.28. The molecule has 152 valence electrons. The second kappa shape index (κ2) is 7.87. The molecule has 0 spiro atoms. The average molecular weight is 393 g/mol. The molecule has 2 N–H and O–H groups in total. The first-order chi connectivity index (χ1) is 14.0. The molecule has 29 heavy (non-hydrogen) atoms. The zero-order valence-electron chi connectivity index (χ0n) is 16.9. The number of fused-ring (bicyclic) bond motifs is 1. The summed E-state index contributed by atoms with van der Waals surface area (Å²) < 4.78 is 5.67. The lowest BCUT2D eigenvalue weighted by molar-refractivity contribution is -0.117. The first-order valence-corrected chi connectivity index (χ1v) is 10.2. The Morgan fingerprint density at radius 1 is 1.21 bits per heavy atom. The van der Waals surface area contributed by atoms with Crippen molar-refractivity contribution in [1.82, 2.24) is 5.32 Å². The van der Waals surface area contributed by atoms with E-state index in [2.05, 4.69) is 10.6 Å². The number of benzene rings is 2. The Bertz CT molecular complexity index is 915. The fraction of sp³-hybridized carbons (Fsp3) is 0.391. The van der Waals surface area contributed by atoms with Crippen LogP contribution in [0.5, 0.6) is 0 Å². The van der Waals surface area contributed by atoms with Crippen molar-refractivity contribution in [3.05, 3.63) is 59.7 Å². The Hall–Kier alpha value is -2.86. The molecule has 0 radical (unpaired) electrons. The Labute approximate surface area is 171 Å². The van der Waals surface area contributed by atoms with E-state index in [4.69, 9.17) is 4.74 Å². The molecule has 1 aliphatic heterocycles. The minimum atomic E-state index is -0.259. The van der Waals surface area contributed by atoms with Crippen molar-refractivity contribution in [1.29, 1.82) is 0 Å². The minimum absolute atomic E-state index is 0.0285. The molecule has 2 atom stereocenters. The molecule has 6 nitrogen and oxygen atoms in total. The van der Waals surface area contributed by atoms with Crippen LogP contribution in [0.15, 0.2) is 48.5 Å². The van der Waals surface area contributed by atoms with Gasteiger partial charge in [-0.3, -0.25) is 4.79 Å². The van der Waals surface area contributed by atoms with E-state index >= 15 is 0 Å². The lowest BCUT2D eigenvalue weighted by Crippen LogP contribution is -2.35. The van der Waals surface area contributed by atoms with Crippen LogP contribution >= 0.6 is 0 Å². The number of carbonyl (C=O) groups excluding carboxylic acids is 2. The van der Waals surface area contributed by atoms with Crippen molar-refractivity contribution in [2.24, 2.45) is 0 Å². The summed E-state index contributed by atoms with van der Waals surface area (Å²) in [7, 11) is 0. The molecule has 2 aromatic carbocycles. The summed E-state index contributed by atoms with van der Waals surface area (Å²) >= 11 is 0. The highest BCUT2D eigenvalue weighted by atomic mass is 16.5. The van der Waals surface area contributed by atoms with Gasteiger partial charge in [-0.2, -0.15) is 0 Å². The SMILES string of the molecule is CCO[C@@]1(C)C[C@H]1NC(=O)Nc1ccc2c(c1)N(C(=O)Cc1ccccc1)CC2. The minimum Gasteiger partial charge on any atom is -0.373 e. The predicted octanol–water partition coefficient (Wildman–Crippen LogP) is 3.51. The zero-order chi connectivity index (χ0) is 20.4. The van der Waals surface area contributed by atoms with Crippen molar-refractivity contribution in [3.63, 3.8) is 0 Å². The van der Waals surface area contributed by atoms with Crippen molar-refractivity contribution >= 4 is 23.3 Å². The van der Waals surface area contributed by atoms with Gasteiger partial charge < -0.3 is 20.3 Å². The number of nitrogens with zero attached hydrogens (tertiary/aromatic N) is 1. The second-order valence-electron chi connectivity index (χ2n) is 7.90. The van der Waals surface area contributed by atoms with Gasteiger partial charge in [0.05, 0.1) is 18.1 Å². The summed E-state index contributed by atoms with van der Waals surface area (Å²) in [6.07, 6.45) is 2.02. The van der Waals surface area contributed by atoms with E-state index in [-0.39, 0.29) is 23.6 Å². The molecule has 1 aliphatic carbocycles. The summed E-state index contributed by atoms with van der Waals surface area (Å²) in [5, 5.41) is 5.84. The van der Waals surface area contributed by atoms with E-state index < -0.39 is 0 Å². The van der Waals surface area contributed by atoms with Gasteiger partial charge in [0.25, 0.3) is 0 Å². The molecular formula is C23H27N3O3. The molecule has 0 unspecified atom stereocenters. The normalized spacial score (nSPS) is 22.1. The van der Waals surface area contributed by atoms with Gasteiger partial charge >= 0.3 is 6.03 Å². The summed E-state index contributed by atoms with van der Waals surface area (Å²) in [6.45, 7) is 5.27. The van der Waals surface area contributed by atoms with E-state index in [1.165, 1.54) is 0 Å². The fourth-order valence-electron chi connectivity index (χ4n) is 3.95. The monoisotopic (exact) mass is 393 g/mol. The van der Waals surface area contributed by atoms with Crippen LogP contribution in [0, 0.1) is 0 Å². The molecule has 2 aromatic rings. The van der Waals surface area contributed by atoms with Crippen LogP contribution in [-0.2, 0) is 22.4 Å². The summed E-state index contributed by atoms with van der Waals surface area (Å²) in [5.41, 5.74) is 3.43. The van der Waals surface area contributed by atoms with Gasteiger partial charge in [-0.05, 0) is 43.5 Å². The first kappa shape index (κ1) is 19.5. The quantitative estimate of drug-likeness (QED) is 0.789.